The van der Waals surface area contributed by atoms with Gasteiger partial charge in [0.25, 0.3) is 0 Å². The van der Waals surface area contributed by atoms with Crippen molar-refractivity contribution in [3.8, 4) is 0 Å². The number of rotatable bonds is 6. The van der Waals surface area contributed by atoms with Crippen molar-refractivity contribution in [2.75, 3.05) is 6.61 Å². The first kappa shape index (κ1) is 22.6. The van der Waals surface area contributed by atoms with Crippen molar-refractivity contribution in [1.82, 2.24) is 0 Å². The first-order valence-corrected chi connectivity index (χ1v) is 12.7. The number of carboxylic acids is 1. The summed E-state index contributed by atoms with van der Waals surface area (Å²) in [6.45, 7) is 16.1. The summed E-state index contributed by atoms with van der Waals surface area (Å²) in [5.41, 5.74) is -2.49. The maximum atomic E-state index is 13.0. The summed E-state index contributed by atoms with van der Waals surface area (Å²) in [5.74, 6) is -1.83. The standard InChI is InChI=1S/C22H34O5Si/c1-19(2,3)27-18(25)22(17(23)24)14-21(22,16-12-10-9-11-13-16)15-26-28(7,8)20(4,5)6/h9-13H,14-15H2,1-8H3,(H,23,24)/t21-,22?/m0/s1. The molecule has 0 spiro atoms. The minimum absolute atomic E-state index is 0.0163. The Bertz CT molecular complexity index is 744. The summed E-state index contributed by atoms with van der Waals surface area (Å²) in [6.07, 6.45) is 0.183. The van der Waals surface area contributed by atoms with Crippen LogP contribution in [0.5, 0.6) is 0 Å². The third-order valence-electron chi connectivity index (χ3n) is 6.18. The second-order valence-electron chi connectivity index (χ2n) is 10.4. The lowest BCUT2D eigenvalue weighted by atomic mass is 9.86. The smallest absolute Gasteiger partial charge is 0.325 e. The third-order valence-corrected chi connectivity index (χ3v) is 10.7. The van der Waals surface area contributed by atoms with E-state index in [1.807, 2.05) is 30.3 Å². The topological polar surface area (TPSA) is 72.8 Å². The summed E-state index contributed by atoms with van der Waals surface area (Å²) in [7, 11) is -2.13. The van der Waals surface area contributed by atoms with Gasteiger partial charge < -0.3 is 14.3 Å². The van der Waals surface area contributed by atoms with Gasteiger partial charge in [-0.2, -0.15) is 0 Å². The van der Waals surface area contributed by atoms with E-state index in [0.717, 1.165) is 5.56 Å². The summed E-state index contributed by atoms with van der Waals surface area (Å²) in [6, 6.07) is 9.37. The molecule has 0 heterocycles. The average molecular weight is 407 g/mol. The summed E-state index contributed by atoms with van der Waals surface area (Å²) in [4.78, 5) is 25.4. The minimum atomic E-state index is -2.13. The molecule has 1 aromatic carbocycles. The van der Waals surface area contributed by atoms with E-state index in [0.29, 0.717) is 0 Å². The summed E-state index contributed by atoms with van der Waals surface area (Å²) >= 11 is 0. The lowest BCUT2D eigenvalue weighted by Gasteiger charge is -2.38. The molecule has 1 aliphatic rings. The van der Waals surface area contributed by atoms with E-state index in [-0.39, 0.29) is 18.1 Å². The monoisotopic (exact) mass is 406 g/mol. The molecular formula is C22H34O5Si. The Kier molecular flexibility index (Phi) is 5.65. The number of aliphatic carboxylic acids is 1. The number of esters is 1. The fourth-order valence-corrected chi connectivity index (χ4v) is 4.33. The summed E-state index contributed by atoms with van der Waals surface area (Å²) in [5, 5.41) is 10.1. The van der Waals surface area contributed by atoms with Gasteiger partial charge in [-0.05, 0) is 50.9 Å². The van der Waals surface area contributed by atoms with Crippen LogP contribution in [0.4, 0.5) is 0 Å². The quantitative estimate of drug-likeness (QED) is 0.419. The predicted octanol–water partition coefficient (Wildman–Crippen LogP) is 4.76. The molecular weight excluding hydrogens is 372 g/mol. The highest BCUT2D eigenvalue weighted by molar-refractivity contribution is 6.74. The van der Waals surface area contributed by atoms with Gasteiger partial charge in [0.15, 0.2) is 13.7 Å². The molecule has 6 heteroatoms. The van der Waals surface area contributed by atoms with Crippen LogP contribution < -0.4 is 0 Å². The predicted molar refractivity (Wildman–Crippen MR) is 112 cm³/mol. The van der Waals surface area contributed by atoms with Gasteiger partial charge in [0, 0.05) is 12.0 Å². The van der Waals surface area contributed by atoms with Gasteiger partial charge in [0.05, 0.1) is 0 Å². The highest BCUT2D eigenvalue weighted by Crippen LogP contribution is 2.66. The van der Waals surface area contributed by atoms with Gasteiger partial charge in [-0.3, -0.25) is 9.59 Å². The Morgan fingerprint density at radius 2 is 1.61 bits per heavy atom. The van der Waals surface area contributed by atoms with Gasteiger partial charge in [-0.15, -0.1) is 0 Å². The van der Waals surface area contributed by atoms with Crippen molar-refractivity contribution >= 4 is 20.3 Å². The number of benzene rings is 1. The molecule has 156 valence electrons. The molecule has 1 aliphatic carbocycles. The molecule has 1 unspecified atom stereocenters. The van der Waals surface area contributed by atoms with Crippen LogP contribution in [-0.2, 0) is 24.2 Å². The second kappa shape index (κ2) is 6.99. The van der Waals surface area contributed by atoms with Crippen molar-refractivity contribution in [3.05, 3.63) is 35.9 Å². The molecule has 0 aliphatic heterocycles. The number of carbonyl (C=O) groups excluding carboxylic acids is 1. The van der Waals surface area contributed by atoms with Crippen LogP contribution in [-0.4, -0.2) is 37.6 Å². The van der Waals surface area contributed by atoms with Crippen molar-refractivity contribution in [2.24, 2.45) is 5.41 Å². The molecule has 0 amide bonds. The van der Waals surface area contributed by atoms with E-state index < -0.39 is 36.7 Å². The SMILES string of the molecule is CC(C)(C)OC(=O)C1(C(=O)O)C[C@]1(CO[Si](C)(C)C(C)(C)C)c1ccccc1. The molecule has 1 fully saturated rings. The Morgan fingerprint density at radius 1 is 1.07 bits per heavy atom. The van der Waals surface area contributed by atoms with Gasteiger partial charge in [0.2, 0.25) is 0 Å². The Balaban J connectivity index is 2.47. The highest BCUT2D eigenvalue weighted by atomic mass is 28.4. The van der Waals surface area contributed by atoms with Crippen molar-refractivity contribution < 1.29 is 23.9 Å². The van der Waals surface area contributed by atoms with Crippen LogP contribution in [0.1, 0.15) is 53.5 Å². The zero-order valence-corrected chi connectivity index (χ0v) is 19.4. The highest BCUT2D eigenvalue weighted by Gasteiger charge is 2.79. The van der Waals surface area contributed by atoms with E-state index in [1.54, 1.807) is 20.8 Å². The molecule has 1 N–H and O–H groups in total. The molecule has 5 nitrogen and oxygen atoms in total. The largest absolute Gasteiger partial charge is 0.480 e. The molecule has 0 radical (unpaired) electrons. The molecule has 1 saturated carbocycles. The van der Waals surface area contributed by atoms with Crippen molar-refractivity contribution in [2.45, 2.75) is 77.1 Å². The molecule has 2 atom stereocenters. The molecule has 2 rings (SSSR count). The van der Waals surface area contributed by atoms with Gasteiger partial charge >= 0.3 is 11.9 Å². The fourth-order valence-electron chi connectivity index (χ4n) is 3.29. The van der Waals surface area contributed by atoms with Crippen LogP contribution in [0.3, 0.4) is 0 Å². The van der Waals surface area contributed by atoms with Crippen LogP contribution >= 0.6 is 0 Å². The van der Waals surface area contributed by atoms with E-state index in [9.17, 15) is 14.7 Å². The maximum Gasteiger partial charge on any atom is 0.325 e. The van der Waals surface area contributed by atoms with Crippen molar-refractivity contribution in [3.63, 3.8) is 0 Å². The van der Waals surface area contributed by atoms with Crippen LogP contribution in [0.25, 0.3) is 0 Å². The lowest BCUT2D eigenvalue weighted by molar-refractivity contribution is -0.170. The number of carbonyl (C=O) groups is 2. The zero-order valence-electron chi connectivity index (χ0n) is 18.4. The van der Waals surface area contributed by atoms with Crippen LogP contribution in [0, 0.1) is 5.41 Å². The minimum Gasteiger partial charge on any atom is -0.480 e. The first-order valence-electron chi connectivity index (χ1n) is 9.75. The maximum absolute atomic E-state index is 13.0. The second-order valence-corrected chi connectivity index (χ2v) is 15.2. The van der Waals surface area contributed by atoms with Gasteiger partial charge in [0.1, 0.15) is 5.60 Å². The van der Waals surface area contributed by atoms with E-state index in [2.05, 4.69) is 33.9 Å². The number of hydrogen-bond donors (Lipinski definition) is 1. The molecule has 0 saturated heterocycles. The number of carboxylic acid groups (broad SMARTS) is 1. The number of hydrogen-bond acceptors (Lipinski definition) is 4. The normalized spacial score (nSPS) is 25.3. The Hall–Kier alpha value is -1.66. The van der Waals surface area contributed by atoms with Crippen molar-refractivity contribution in [1.29, 1.82) is 0 Å². The summed E-state index contributed by atoms with van der Waals surface area (Å²) < 4.78 is 12.0. The average Bonchev–Trinajstić information content (AvgIpc) is 3.23. The lowest BCUT2D eigenvalue weighted by Crippen LogP contribution is -2.46. The Morgan fingerprint density at radius 3 is 2.04 bits per heavy atom. The Labute approximate surface area is 169 Å². The molecule has 28 heavy (non-hydrogen) atoms. The van der Waals surface area contributed by atoms with E-state index in [1.165, 1.54) is 0 Å². The van der Waals surface area contributed by atoms with Gasteiger partial charge in [-0.25, -0.2) is 0 Å². The van der Waals surface area contributed by atoms with Gasteiger partial charge in [-0.1, -0.05) is 51.1 Å². The molecule has 0 aromatic heterocycles. The first-order chi connectivity index (χ1) is 12.6. The van der Waals surface area contributed by atoms with Crippen LogP contribution in [0.15, 0.2) is 30.3 Å². The molecule has 0 bridgehead atoms. The van der Waals surface area contributed by atoms with E-state index >= 15 is 0 Å². The van der Waals surface area contributed by atoms with Crippen LogP contribution in [0.2, 0.25) is 18.1 Å². The van der Waals surface area contributed by atoms with E-state index in [4.69, 9.17) is 9.16 Å². The third kappa shape index (κ3) is 3.89. The zero-order chi connectivity index (χ0) is 21.6. The number of ether oxygens (including phenoxy) is 1. The molecule has 1 aromatic rings. The fraction of sp³-hybridized carbons (Fsp3) is 0.636.